The van der Waals surface area contributed by atoms with E-state index in [1.165, 1.54) is 24.3 Å². The van der Waals surface area contributed by atoms with Crippen LogP contribution in [0.25, 0.3) is 0 Å². The summed E-state index contributed by atoms with van der Waals surface area (Å²) in [5.41, 5.74) is 1.29. The number of carbonyl (C=O) groups excluding carboxylic acids is 1. The zero-order valence-electron chi connectivity index (χ0n) is 13.6. The monoisotopic (exact) mass is 390 g/mol. The Hall–Kier alpha value is -2.70. The number of anilines is 3. The Kier molecular flexibility index (Phi) is 5.35. The second-order valence-corrected chi connectivity index (χ2v) is 6.24. The first-order valence-corrected chi connectivity index (χ1v) is 8.31. The summed E-state index contributed by atoms with van der Waals surface area (Å²) in [6, 6.07) is 12.5. The van der Waals surface area contributed by atoms with E-state index < -0.39 is 11.7 Å². The summed E-state index contributed by atoms with van der Waals surface area (Å²) in [5, 5.41) is 6.25. The number of hydrogen-bond acceptors (Lipinski definition) is 4. The van der Waals surface area contributed by atoms with Crippen LogP contribution in [-0.2, 0) is 0 Å². The smallest absolute Gasteiger partial charge is 0.274 e. The summed E-state index contributed by atoms with van der Waals surface area (Å²) < 4.78 is 13.2. The van der Waals surface area contributed by atoms with Gasteiger partial charge in [-0.15, -0.1) is 0 Å². The highest BCUT2D eigenvalue weighted by atomic mass is 35.5. The first-order chi connectivity index (χ1) is 12.4. The van der Waals surface area contributed by atoms with Gasteiger partial charge in [-0.3, -0.25) is 4.79 Å². The quantitative estimate of drug-likeness (QED) is 0.640. The molecule has 0 aliphatic carbocycles. The van der Waals surface area contributed by atoms with Gasteiger partial charge in [-0.05, 0) is 49.4 Å². The predicted octanol–water partition coefficient (Wildman–Crippen LogP) is 5.23. The van der Waals surface area contributed by atoms with Crippen molar-refractivity contribution in [1.29, 1.82) is 0 Å². The SMILES string of the molecule is Cc1nc(Nc2ccc(Cl)cc2)cc(C(=O)Nc2ccc(F)c(Cl)c2)n1. The molecule has 0 unspecified atom stereocenters. The lowest BCUT2D eigenvalue weighted by Gasteiger charge is -2.09. The molecule has 132 valence electrons. The van der Waals surface area contributed by atoms with E-state index in [9.17, 15) is 9.18 Å². The molecular weight excluding hydrogens is 378 g/mol. The summed E-state index contributed by atoms with van der Waals surface area (Å²) in [6.45, 7) is 1.68. The van der Waals surface area contributed by atoms with Crippen molar-refractivity contribution >= 4 is 46.3 Å². The third kappa shape index (κ3) is 4.47. The number of nitrogens with zero attached hydrogens (tertiary/aromatic N) is 2. The summed E-state index contributed by atoms with van der Waals surface area (Å²) in [6.07, 6.45) is 0. The van der Waals surface area contributed by atoms with Crippen LogP contribution in [0.1, 0.15) is 16.3 Å². The molecule has 3 rings (SSSR count). The molecule has 0 aliphatic rings. The third-order valence-corrected chi connectivity index (χ3v) is 3.91. The highest BCUT2D eigenvalue weighted by Gasteiger charge is 2.12. The minimum atomic E-state index is -0.558. The van der Waals surface area contributed by atoms with E-state index >= 15 is 0 Å². The van der Waals surface area contributed by atoms with Crippen LogP contribution in [0.4, 0.5) is 21.6 Å². The molecule has 1 aromatic heterocycles. The fraction of sp³-hybridized carbons (Fsp3) is 0.0556. The van der Waals surface area contributed by atoms with Crippen molar-refractivity contribution in [1.82, 2.24) is 9.97 Å². The topological polar surface area (TPSA) is 66.9 Å². The second-order valence-electron chi connectivity index (χ2n) is 5.40. The van der Waals surface area contributed by atoms with Gasteiger partial charge in [-0.2, -0.15) is 0 Å². The number of aromatic nitrogens is 2. The minimum Gasteiger partial charge on any atom is -0.340 e. The van der Waals surface area contributed by atoms with E-state index in [-0.39, 0.29) is 10.7 Å². The van der Waals surface area contributed by atoms with Crippen LogP contribution in [0.15, 0.2) is 48.5 Å². The molecule has 2 N–H and O–H groups in total. The van der Waals surface area contributed by atoms with Gasteiger partial charge < -0.3 is 10.6 Å². The van der Waals surface area contributed by atoms with Crippen molar-refractivity contribution in [2.45, 2.75) is 6.92 Å². The Balaban J connectivity index is 1.80. The molecule has 8 heteroatoms. The predicted molar refractivity (Wildman–Crippen MR) is 101 cm³/mol. The summed E-state index contributed by atoms with van der Waals surface area (Å²) in [7, 11) is 0. The van der Waals surface area contributed by atoms with Crippen molar-refractivity contribution in [2.75, 3.05) is 10.6 Å². The van der Waals surface area contributed by atoms with Gasteiger partial charge in [0.1, 0.15) is 23.2 Å². The number of halogens is 3. The van der Waals surface area contributed by atoms with Gasteiger partial charge >= 0.3 is 0 Å². The molecule has 0 saturated carbocycles. The standard InChI is InChI=1S/C18H13Cl2FN4O/c1-10-22-16(18(26)25-13-6-7-15(21)14(20)8-13)9-17(23-10)24-12-4-2-11(19)3-5-12/h2-9H,1H3,(H,25,26)(H,22,23,24). The number of amides is 1. The number of hydrogen-bond donors (Lipinski definition) is 2. The fourth-order valence-electron chi connectivity index (χ4n) is 2.20. The van der Waals surface area contributed by atoms with Crippen molar-refractivity contribution in [3.05, 3.63) is 75.9 Å². The Morgan fingerprint density at radius 2 is 1.69 bits per heavy atom. The van der Waals surface area contributed by atoms with E-state index in [2.05, 4.69) is 20.6 Å². The molecule has 3 aromatic rings. The van der Waals surface area contributed by atoms with Crippen LogP contribution in [0, 0.1) is 12.7 Å². The molecule has 0 fully saturated rings. The normalized spacial score (nSPS) is 10.5. The first kappa shape index (κ1) is 18.1. The molecule has 26 heavy (non-hydrogen) atoms. The highest BCUT2D eigenvalue weighted by Crippen LogP contribution is 2.21. The minimum absolute atomic E-state index is 0.0771. The maximum Gasteiger partial charge on any atom is 0.274 e. The zero-order valence-corrected chi connectivity index (χ0v) is 15.1. The van der Waals surface area contributed by atoms with Gasteiger partial charge in [0.15, 0.2) is 0 Å². The number of aryl methyl sites for hydroxylation is 1. The summed E-state index contributed by atoms with van der Waals surface area (Å²) in [5.74, 6) is -0.136. The summed E-state index contributed by atoms with van der Waals surface area (Å²) in [4.78, 5) is 20.8. The lowest BCUT2D eigenvalue weighted by Crippen LogP contribution is -2.15. The number of benzene rings is 2. The Morgan fingerprint density at radius 1 is 1.00 bits per heavy atom. The summed E-state index contributed by atoms with van der Waals surface area (Å²) >= 11 is 11.6. The largest absolute Gasteiger partial charge is 0.340 e. The van der Waals surface area contributed by atoms with Crippen molar-refractivity contribution in [2.24, 2.45) is 0 Å². The van der Waals surface area contributed by atoms with E-state index in [4.69, 9.17) is 23.2 Å². The average molecular weight is 391 g/mol. The first-order valence-electron chi connectivity index (χ1n) is 7.55. The second kappa shape index (κ2) is 7.68. The van der Waals surface area contributed by atoms with Crippen LogP contribution in [0.2, 0.25) is 10.0 Å². The van der Waals surface area contributed by atoms with Crippen LogP contribution >= 0.6 is 23.2 Å². The number of carbonyl (C=O) groups is 1. The molecule has 0 bridgehead atoms. The van der Waals surface area contributed by atoms with Gasteiger partial charge in [0.2, 0.25) is 0 Å². The zero-order chi connectivity index (χ0) is 18.7. The molecule has 2 aromatic carbocycles. The van der Waals surface area contributed by atoms with Gasteiger partial charge in [-0.25, -0.2) is 14.4 Å². The van der Waals surface area contributed by atoms with E-state index in [1.54, 1.807) is 31.2 Å². The molecule has 1 heterocycles. The van der Waals surface area contributed by atoms with Crippen LogP contribution in [-0.4, -0.2) is 15.9 Å². The molecule has 1 amide bonds. The maximum absolute atomic E-state index is 13.2. The lowest BCUT2D eigenvalue weighted by atomic mass is 10.2. The molecule has 0 saturated heterocycles. The molecular formula is C18H13Cl2FN4O. The number of nitrogens with one attached hydrogen (secondary N) is 2. The van der Waals surface area contributed by atoms with Crippen LogP contribution in [0.5, 0.6) is 0 Å². The highest BCUT2D eigenvalue weighted by molar-refractivity contribution is 6.31. The van der Waals surface area contributed by atoms with Gasteiger partial charge in [-0.1, -0.05) is 23.2 Å². The van der Waals surface area contributed by atoms with Gasteiger partial charge in [0.05, 0.1) is 5.02 Å². The average Bonchev–Trinajstić information content (AvgIpc) is 2.60. The third-order valence-electron chi connectivity index (χ3n) is 3.36. The Morgan fingerprint density at radius 3 is 2.38 bits per heavy atom. The molecule has 0 spiro atoms. The Labute approximate surface area is 159 Å². The van der Waals surface area contributed by atoms with Crippen molar-refractivity contribution in [3.63, 3.8) is 0 Å². The Bertz CT molecular complexity index is 964. The van der Waals surface area contributed by atoms with E-state index in [1.807, 2.05) is 0 Å². The lowest BCUT2D eigenvalue weighted by molar-refractivity contribution is 0.102. The molecule has 0 aliphatic heterocycles. The number of rotatable bonds is 4. The molecule has 0 radical (unpaired) electrons. The van der Waals surface area contributed by atoms with E-state index in [0.29, 0.717) is 22.4 Å². The van der Waals surface area contributed by atoms with Gasteiger partial charge in [0.25, 0.3) is 5.91 Å². The van der Waals surface area contributed by atoms with Crippen molar-refractivity contribution in [3.8, 4) is 0 Å². The molecule has 5 nitrogen and oxygen atoms in total. The van der Waals surface area contributed by atoms with Crippen LogP contribution < -0.4 is 10.6 Å². The van der Waals surface area contributed by atoms with Crippen molar-refractivity contribution < 1.29 is 9.18 Å². The van der Waals surface area contributed by atoms with E-state index in [0.717, 1.165) is 5.69 Å². The molecule has 0 atom stereocenters. The maximum atomic E-state index is 13.2. The van der Waals surface area contributed by atoms with Gasteiger partial charge in [0, 0.05) is 22.5 Å². The van der Waals surface area contributed by atoms with Crippen LogP contribution in [0.3, 0.4) is 0 Å². The fourth-order valence-corrected chi connectivity index (χ4v) is 2.50.